The molecular weight excluding hydrogens is 406 g/mol. The van der Waals surface area contributed by atoms with Crippen LogP contribution in [0.15, 0.2) is 47.4 Å². The van der Waals surface area contributed by atoms with Gasteiger partial charge in [-0.15, -0.1) is 0 Å². The van der Waals surface area contributed by atoms with Crippen LogP contribution in [-0.4, -0.2) is 33.5 Å². The summed E-state index contributed by atoms with van der Waals surface area (Å²) >= 11 is 0. The Morgan fingerprint density at radius 1 is 1.13 bits per heavy atom. The minimum atomic E-state index is -3.50. The Morgan fingerprint density at radius 3 is 2.57 bits per heavy atom. The molecular formula is C22H25NO6S. The normalized spacial score (nSPS) is 13.1. The van der Waals surface area contributed by atoms with Gasteiger partial charge in [0.1, 0.15) is 5.75 Å². The van der Waals surface area contributed by atoms with Crippen LogP contribution in [0.4, 0.5) is 5.69 Å². The molecule has 2 aromatic carbocycles. The third-order valence-electron chi connectivity index (χ3n) is 4.93. The fraction of sp³-hybridized carbons (Fsp3) is 0.318. The Bertz CT molecular complexity index is 1060. The summed E-state index contributed by atoms with van der Waals surface area (Å²) in [5.74, 6) is 1.25. The van der Waals surface area contributed by atoms with Gasteiger partial charge in [-0.25, -0.2) is 8.42 Å². The Kier molecular flexibility index (Phi) is 6.66. The molecule has 1 aliphatic heterocycles. The molecule has 0 spiro atoms. The molecule has 1 N–H and O–H groups in total. The molecule has 1 heterocycles. The summed E-state index contributed by atoms with van der Waals surface area (Å²) in [6.45, 7) is 3.87. The lowest BCUT2D eigenvalue weighted by atomic mass is 10.2. The first kappa shape index (κ1) is 21.7. The summed E-state index contributed by atoms with van der Waals surface area (Å²) < 4.78 is 41.6. The molecule has 8 heteroatoms. The lowest BCUT2D eigenvalue weighted by Crippen LogP contribution is -2.20. The molecule has 1 aliphatic rings. The number of anilines is 1. The Balaban J connectivity index is 1.80. The maximum atomic E-state index is 12.8. The maximum Gasteiger partial charge on any atom is 0.248 e. The number of fused-ring (bicyclic) bond motifs is 1. The quantitative estimate of drug-likeness (QED) is 0.635. The molecule has 160 valence electrons. The summed E-state index contributed by atoms with van der Waals surface area (Å²) in [5.41, 5.74) is 1.07. The summed E-state index contributed by atoms with van der Waals surface area (Å²) in [7, 11) is -2.04. The van der Waals surface area contributed by atoms with Gasteiger partial charge >= 0.3 is 0 Å². The third-order valence-corrected chi connectivity index (χ3v) is 7.39. The molecule has 0 saturated carbocycles. The number of hydrogen-bond acceptors (Lipinski definition) is 6. The predicted molar refractivity (Wildman–Crippen MR) is 115 cm³/mol. The van der Waals surface area contributed by atoms with Crippen molar-refractivity contribution in [3.63, 3.8) is 0 Å². The highest BCUT2D eigenvalue weighted by atomic mass is 32.2. The predicted octanol–water partition coefficient (Wildman–Crippen LogP) is 4.04. The minimum absolute atomic E-state index is 0.159. The van der Waals surface area contributed by atoms with Crippen LogP contribution in [-0.2, 0) is 14.6 Å². The summed E-state index contributed by atoms with van der Waals surface area (Å²) in [5, 5.41) is 2.23. The zero-order valence-electron chi connectivity index (χ0n) is 17.2. The van der Waals surface area contributed by atoms with Gasteiger partial charge in [0.25, 0.3) is 0 Å². The fourth-order valence-corrected chi connectivity index (χ4v) is 5.05. The molecule has 0 aliphatic carbocycles. The standard InChI is InChI=1S/C22H25NO6S/c1-4-16(5-2)30(25,26)17-8-10-19(27-3)18(13-17)23-22(24)11-7-15-6-9-20-21(12-15)29-14-28-20/h6-13,16H,4-5,14H2,1-3H3,(H,23,24). The van der Waals surface area contributed by atoms with E-state index in [1.165, 1.54) is 25.3 Å². The highest BCUT2D eigenvalue weighted by molar-refractivity contribution is 7.92. The minimum Gasteiger partial charge on any atom is -0.495 e. The topological polar surface area (TPSA) is 90.9 Å². The van der Waals surface area contributed by atoms with Crippen LogP contribution < -0.4 is 19.5 Å². The van der Waals surface area contributed by atoms with Crippen LogP contribution in [0.25, 0.3) is 6.08 Å². The van der Waals surface area contributed by atoms with Gasteiger partial charge in [0.15, 0.2) is 21.3 Å². The molecule has 30 heavy (non-hydrogen) atoms. The highest BCUT2D eigenvalue weighted by Crippen LogP contribution is 2.33. The zero-order chi connectivity index (χ0) is 21.7. The van der Waals surface area contributed by atoms with E-state index >= 15 is 0 Å². The van der Waals surface area contributed by atoms with Gasteiger partial charge in [0, 0.05) is 6.08 Å². The third kappa shape index (κ3) is 4.59. The molecule has 3 rings (SSSR count). The van der Waals surface area contributed by atoms with E-state index in [0.717, 1.165) is 5.56 Å². The number of benzene rings is 2. The van der Waals surface area contributed by atoms with Crippen LogP contribution in [0.5, 0.6) is 17.2 Å². The summed E-state index contributed by atoms with van der Waals surface area (Å²) in [6, 6.07) is 9.85. The molecule has 0 radical (unpaired) electrons. The zero-order valence-corrected chi connectivity index (χ0v) is 18.0. The summed E-state index contributed by atoms with van der Waals surface area (Å²) in [6.07, 6.45) is 4.03. The number of ether oxygens (including phenoxy) is 3. The highest BCUT2D eigenvalue weighted by Gasteiger charge is 2.25. The Morgan fingerprint density at radius 2 is 1.87 bits per heavy atom. The van der Waals surface area contributed by atoms with Crippen LogP contribution in [0, 0.1) is 0 Å². The van der Waals surface area contributed by atoms with E-state index in [1.54, 1.807) is 30.3 Å². The number of rotatable bonds is 8. The number of hydrogen-bond donors (Lipinski definition) is 1. The molecule has 0 fully saturated rings. The van der Waals surface area contributed by atoms with Gasteiger partial charge in [-0.1, -0.05) is 19.9 Å². The van der Waals surface area contributed by atoms with Crippen LogP contribution >= 0.6 is 0 Å². The number of amides is 1. The summed E-state index contributed by atoms with van der Waals surface area (Å²) in [4.78, 5) is 12.6. The first-order chi connectivity index (χ1) is 14.4. The lowest BCUT2D eigenvalue weighted by Gasteiger charge is -2.16. The molecule has 0 unspecified atom stereocenters. The second-order valence-electron chi connectivity index (χ2n) is 6.78. The van der Waals surface area contributed by atoms with Gasteiger partial charge in [-0.05, 0) is 54.8 Å². The average molecular weight is 432 g/mol. The molecule has 1 amide bonds. The van der Waals surface area contributed by atoms with Gasteiger partial charge < -0.3 is 19.5 Å². The monoisotopic (exact) mass is 431 g/mol. The first-order valence-corrected chi connectivity index (χ1v) is 11.2. The molecule has 0 bridgehead atoms. The van der Waals surface area contributed by atoms with Gasteiger partial charge in [0.2, 0.25) is 12.7 Å². The van der Waals surface area contributed by atoms with Crippen molar-refractivity contribution in [2.75, 3.05) is 19.2 Å². The molecule has 0 aromatic heterocycles. The second kappa shape index (κ2) is 9.21. The van der Waals surface area contributed by atoms with Crippen molar-refractivity contribution in [3.05, 3.63) is 48.0 Å². The molecule has 2 aromatic rings. The Hall–Kier alpha value is -3.00. The van der Waals surface area contributed by atoms with E-state index in [4.69, 9.17) is 14.2 Å². The molecule has 0 atom stereocenters. The van der Waals surface area contributed by atoms with Crippen LogP contribution in [0.2, 0.25) is 0 Å². The van der Waals surface area contributed by atoms with E-state index in [1.807, 2.05) is 13.8 Å². The van der Waals surface area contributed by atoms with Crippen molar-refractivity contribution in [2.45, 2.75) is 36.8 Å². The molecule has 0 saturated heterocycles. The van der Waals surface area contributed by atoms with Gasteiger partial charge in [-0.3, -0.25) is 4.79 Å². The number of carbonyl (C=O) groups excluding carboxylic acids is 1. The van der Waals surface area contributed by atoms with E-state index in [-0.39, 0.29) is 11.7 Å². The van der Waals surface area contributed by atoms with Gasteiger partial charge in [0.05, 0.1) is 22.9 Å². The fourth-order valence-electron chi connectivity index (χ4n) is 3.24. The lowest BCUT2D eigenvalue weighted by molar-refractivity contribution is -0.111. The van der Waals surface area contributed by atoms with Crippen LogP contribution in [0.3, 0.4) is 0 Å². The van der Waals surface area contributed by atoms with Crippen molar-refractivity contribution in [1.82, 2.24) is 0 Å². The van der Waals surface area contributed by atoms with Crippen molar-refractivity contribution in [1.29, 1.82) is 0 Å². The van der Waals surface area contributed by atoms with Crippen molar-refractivity contribution >= 4 is 27.5 Å². The number of methoxy groups -OCH3 is 1. The van der Waals surface area contributed by atoms with E-state index in [0.29, 0.717) is 35.8 Å². The number of nitrogens with one attached hydrogen (secondary N) is 1. The van der Waals surface area contributed by atoms with E-state index in [2.05, 4.69) is 5.32 Å². The second-order valence-corrected chi connectivity index (χ2v) is 9.01. The maximum absolute atomic E-state index is 12.8. The Labute approximate surface area is 176 Å². The number of sulfone groups is 1. The first-order valence-electron chi connectivity index (χ1n) is 9.69. The molecule has 7 nitrogen and oxygen atoms in total. The smallest absolute Gasteiger partial charge is 0.248 e. The van der Waals surface area contributed by atoms with Gasteiger partial charge in [-0.2, -0.15) is 0 Å². The number of carbonyl (C=O) groups is 1. The van der Waals surface area contributed by atoms with Crippen molar-refractivity contribution in [2.24, 2.45) is 0 Å². The van der Waals surface area contributed by atoms with Crippen LogP contribution in [0.1, 0.15) is 32.3 Å². The van der Waals surface area contributed by atoms with E-state index < -0.39 is 21.0 Å². The van der Waals surface area contributed by atoms with E-state index in [9.17, 15) is 13.2 Å². The van der Waals surface area contributed by atoms with Crippen molar-refractivity contribution < 1.29 is 27.4 Å². The van der Waals surface area contributed by atoms with Crippen molar-refractivity contribution in [3.8, 4) is 17.2 Å². The SMILES string of the molecule is CCC(CC)S(=O)(=O)c1ccc(OC)c(NC(=O)C=Cc2ccc3c(c2)OCO3)c1. The largest absolute Gasteiger partial charge is 0.495 e. The average Bonchev–Trinajstić information content (AvgIpc) is 3.20.